The largest absolute Gasteiger partial charge is 0.385 e. The topological polar surface area (TPSA) is 66.4 Å². The number of ketones is 1. The van der Waals surface area contributed by atoms with Crippen LogP contribution in [0.3, 0.4) is 0 Å². The van der Waals surface area contributed by atoms with E-state index in [2.05, 4.69) is 5.32 Å². The van der Waals surface area contributed by atoms with Gasteiger partial charge >= 0.3 is 0 Å². The Morgan fingerprint density at radius 1 is 1.39 bits per heavy atom. The van der Waals surface area contributed by atoms with Gasteiger partial charge < -0.3 is 10.4 Å². The van der Waals surface area contributed by atoms with Crippen molar-refractivity contribution in [3.05, 3.63) is 0 Å². The number of carbonyl (C=O) groups is 2. The molecule has 0 saturated carbocycles. The van der Waals surface area contributed by atoms with Gasteiger partial charge in [0, 0.05) is 18.9 Å². The van der Waals surface area contributed by atoms with E-state index in [0.717, 1.165) is 19.3 Å². The summed E-state index contributed by atoms with van der Waals surface area (Å²) < 4.78 is 0. The maximum absolute atomic E-state index is 12.0. The van der Waals surface area contributed by atoms with Gasteiger partial charge in [-0.1, -0.05) is 27.2 Å². The molecule has 0 unspecified atom stereocenters. The third-order valence-corrected chi connectivity index (χ3v) is 3.98. The number of hydrogen-bond donors (Lipinski definition) is 2. The molecule has 1 aliphatic rings. The van der Waals surface area contributed by atoms with E-state index < -0.39 is 6.10 Å². The average molecular weight is 255 g/mol. The van der Waals surface area contributed by atoms with E-state index in [-0.39, 0.29) is 35.9 Å². The number of nitrogens with one attached hydrogen (secondary N) is 1. The first-order chi connectivity index (χ1) is 8.43. The van der Waals surface area contributed by atoms with Crippen LogP contribution in [0.4, 0.5) is 0 Å². The SMILES string of the molecule is CC(C)[C@H](C)[C@@H](O)C(=O)C[C@H]1CCCCNC1=O. The lowest BCUT2D eigenvalue weighted by atomic mass is 9.86. The van der Waals surface area contributed by atoms with E-state index in [1.165, 1.54) is 0 Å². The molecule has 4 heteroatoms. The van der Waals surface area contributed by atoms with Gasteiger partial charge in [0.05, 0.1) is 0 Å². The second kappa shape index (κ2) is 6.88. The summed E-state index contributed by atoms with van der Waals surface area (Å²) in [7, 11) is 0. The minimum absolute atomic E-state index is 0.0368. The summed E-state index contributed by atoms with van der Waals surface area (Å²) in [6.45, 7) is 6.55. The lowest BCUT2D eigenvalue weighted by Crippen LogP contribution is -2.36. The molecule has 1 rings (SSSR count). The third-order valence-electron chi connectivity index (χ3n) is 3.98. The van der Waals surface area contributed by atoms with Crippen LogP contribution in [0.2, 0.25) is 0 Å². The van der Waals surface area contributed by atoms with E-state index in [0.29, 0.717) is 6.54 Å². The van der Waals surface area contributed by atoms with E-state index in [4.69, 9.17) is 0 Å². The summed E-state index contributed by atoms with van der Waals surface area (Å²) in [5, 5.41) is 12.8. The smallest absolute Gasteiger partial charge is 0.223 e. The normalized spacial score (nSPS) is 24.3. The Hall–Kier alpha value is -0.900. The van der Waals surface area contributed by atoms with Gasteiger partial charge in [0.25, 0.3) is 0 Å². The van der Waals surface area contributed by atoms with Crippen LogP contribution in [0.15, 0.2) is 0 Å². The van der Waals surface area contributed by atoms with Crippen LogP contribution in [-0.4, -0.2) is 29.4 Å². The molecule has 4 nitrogen and oxygen atoms in total. The molecule has 104 valence electrons. The molecule has 0 aromatic rings. The number of aliphatic hydroxyl groups is 1. The molecule has 1 aliphatic heterocycles. The molecule has 1 amide bonds. The highest BCUT2D eigenvalue weighted by molar-refractivity contribution is 5.89. The third kappa shape index (κ3) is 4.09. The van der Waals surface area contributed by atoms with Crippen molar-refractivity contribution in [2.45, 2.75) is 52.6 Å². The van der Waals surface area contributed by atoms with Gasteiger partial charge in [-0.05, 0) is 24.7 Å². The summed E-state index contributed by atoms with van der Waals surface area (Å²) in [6, 6.07) is 0. The highest BCUT2D eigenvalue weighted by atomic mass is 16.3. The number of Topliss-reactive ketones (excluding diaryl/α,β-unsaturated/α-hetero) is 1. The fourth-order valence-electron chi connectivity index (χ4n) is 2.22. The molecule has 0 bridgehead atoms. The van der Waals surface area contributed by atoms with Crippen molar-refractivity contribution < 1.29 is 14.7 Å². The Labute approximate surface area is 109 Å². The molecule has 0 spiro atoms. The minimum Gasteiger partial charge on any atom is -0.385 e. The van der Waals surface area contributed by atoms with Crippen molar-refractivity contribution in [2.24, 2.45) is 17.8 Å². The molecule has 1 heterocycles. The maximum atomic E-state index is 12.0. The quantitative estimate of drug-likeness (QED) is 0.782. The fourth-order valence-corrected chi connectivity index (χ4v) is 2.22. The lowest BCUT2D eigenvalue weighted by Gasteiger charge is -2.22. The Bertz CT molecular complexity index is 301. The van der Waals surface area contributed by atoms with Crippen molar-refractivity contribution in [3.63, 3.8) is 0 Å². The molecular weight excluding hydrogens is 230 g/mol. The van der Waals surface area contributed by atoms with E-state index in [9.17, 15) is 14.7 Å². The van der Waals surface area contributed by atoms with Gasteiger partial charge in [0.1, 0.15) is 6.10 Å². The molecule has 3 atom stereocenters. The van der Waals surface area contributed by atoms with E-state index in [1.54, 1.807) is 0 Å². The summed E-state index contributed by atoms with van der Waals surface area (Å²) in [4.78, 5) is 23.7. The predicted octanol–water partition coefficient (Wildman–Crippen LogP) is 1.51. The number of carbonyl (C=O) groups excluding carboxylic acids is 2. The van der Waals surface area contributed by atoms with Crippen molar-refractivity contribution in [2.75, 3.05) is 6.54 Å². The van der Waals surface area contributed by atoms with Crippen molar-refractivity contribution in [1.29, 1.82) is 0 Å². The molecule has 1 saturated heterocycles. The maximum Gasteiger partial charge on any atom is 0.223 e. The van der Waals surface area contributed by atoms with Crippen LogP contribution in [0, 0.1) is 17.8 Å². The first kappa shape index (κ1) is 15.2. The van der Waals surface area contributed by atoms with Crippen LogP contribution in [0.25, 0.3) is 0 Å². The second-order valence-corrected chi connectivity index (χ2v) is 5.70. The van der Waals surface area contributed by atoms with Gasteiger partial charge in [-0.2, -0.15) is 0 Å². The summed E-state index contributed by atoms with van der Waals surface area (Å²) in [5.74, 6) is -0.296. The standard InChI is InChI=1S/C14H25NO3/c1-9(2)10(3)13(17)12(16)8-11-6-4-5-7-15-14(11)18/h9-11,13,17H,4-8H2,1-3H3,(H,15,18)/t10-,11+,13+/m0/s1. The zero-order valence-electron chi connectivity index (χ0n) is 11.6. The summed E-state index contributed by atoms with van der Waals surface area (Å²) in [6.07, 6.45) is 1.92. The Morgan fingerprint density at radius 2 is 2.06 bits per heavy atom. The zero-order chi connectivity index (χ0) is 13.7. The van der Waals surface area contributed by atoms with Crippen molar-refractivity contribution in [1.82, 2.24) is 5.32 Å². The van der Waals surface area contributed by atoms with Crippen LogP contribution in [0.1, 0.15) is 46.5 Å². The van der Waals surface area contributed by atoms with Gasteiger partial charge in [-0.3, -0.25) is 9.59 Å². The van der Waals surface area contributed by atoms with E-state index >= 15 is 0 Å². The van der Waals surface area contributed by atoms with Crippen molar-refractivity contribution in [3.8, 4) is 0 Å². The number of hydrogen-bond acceptors (Lipinski definition) is 3. The van der Waals surface area contributed by atoms with Gasteiger partial charge in [-0.25, -0.2) is 0 Å². The molecular formula is C14H25NO3. The molecule has 0 aliphatic carbocycles. The predicted molar refractivity (Wildman–Crippen MR) is 70.0 cm³/mol. The van der Waals surface area contributed by atoms with Crippen LogP contribution in [-0.2, 0) is 9.59 Å². The Balaban J connectivity index is 2.54. The number of aliphatic hydroxyl groups excluding tert-OH is 1. The Morgan fingerprint density at radius 3 is 2.67 bits per heavy atom. The molecule has 0 aromatic heterocycles. The second-order valence-electron chi connectivity index (χ2n) is 5.70. The molecule has 0 aromatic carbocycles. The molecule has 2 N–H and O–H groups in total. The van der Waals surface area contributed by atoms with Crippen molar-refractivity contribution >= 4 is 11.7 Å². The summed E-state index contributed by atoms with van der Waals surface area (Å²) >= 11 is 0. The molecule has 1 fully saturated rings. The van der Waals surface area contributed by atoms with Crippen LogP contribution >= 0.6 is 0 Å². The average Bonchev–Trinajstić information content (AvgIpc) is 2.53. The van der Waals surface area contributed by atoms with E-state index in [1.807, 2.05) is 20.8 Å². The fraction of sp³-hybridized carbons (Fsp3) is 0.857. The monoisotopic (exact) mass is 255 g/mol. The van der Waals surface area contributed by atoms with Gasteiger partial charge in [-0.15, -0.1) is 0 Å². The van der Waals surface area contributed by atoms with Crippen LogP contribution < -0.4 is 5.32 Å². The summed E-state index contributed by atoms with van der Waals surface area (Å²) in [5.41, 5.74) is 0. The zero-order valence-corrected chi connectivity index (χ0v) is 11.6. The first-order valence-corrected chi connectivity index (χ1v) is 6.92. The highest BCUT2D eigenvalue weighted by Crippen LogP contribution is 2.21. The molecule has 0 radical (unpaired) electrons. The lowest BCUT2D eigenvalue weighted by molar-refractivity contribution is -0.135. The minimum atomic E-state index is -0.943. The van der Waals surface area contributed by atoms with Gasteiger partial charge in [0.2, 0.25) is 5.91 Å². The van der Waals surface area contributed by atoms with Crippen LogP contribution in [0.5, 0.6) is 0 Å². The Kier molecular flexibility index (Phi) is 5.79. The number of rotatable bonds is 5. The number of amides is 1. The first-order valence-electron chi connectivity index (χ1n) is 6.92. The highest BCUT2D eigenvalue weighted by Gasteiger charge is 2.29. The van der Waals surface area contributed by atoms with Gasteiger partial charge in [0.15, 0.2) is 5.78 Å². The molecule has 18 heavy (non-hydrogen) atoms.